The largest absolute Gasteiger partial charge is 0.481 e. The van der Waals surface area contributed by atoms with Crippen molar-refractivity contribution in [2.45, 2.75) is 44.7 Å². The molecule has 0 saturated heterocycles. The Morgan fingerprint density at radius 1 is 1.50 bits per heavy atom. The van der Waals surface area contributed by atoms with Gasteiger partial charge >= 0.3 is 12.0 Å². The molecule has 1 aromatic rings. The third-order valence-corrected chi connectivity index (χ3v) is 4.49. The Morgan fingerprint density at radius 3 is 2.95 bits per heavy atom. The summed E-state index contributed by atoms with van der Waals surface area (Å²) >= 11 is 1.49. The van der Waals surface area contributed by atoms with Gasteiger partial charge in [0.1, 0.15) is 5.01 Å². The van der Waals surface area contributed by atoms with Crippen LogP contribution in [0.5, 0.6) is 0 Å². The second-order valence-electron chi connectivity index (χ2n) is 5.11. The maximum Gasteiger partial charge on any atom is 0.315 e. The van der Waals surface area contributed by atoms with Gasteiger partial charge in [0.2, 0.25) is 0 Å². The smallest absolute Gasteiger partial charge is 0.315 e. The van der Waals surface area contributed by atoms with Crippen molar-refractivity contribution in [2.75, 3.05) is 0 Å². The molecular formula is C13H19N3O3S. The Balaban J connectivity index is 1.80. The van der Waals surface area contributed by atoms with E-state index in [0.717, 1.165) is 17.8 Å². The Labute approximate surface area is 121 Å². The molecule has 2 amide bonds. The zero-order valence-corrected chi connectivity index (χ0v) is 12.2. The average molecular weight is 297 g/mol. The van der Waals surface area contributed by atoms with E-state index in [1.165, 1.54) is 11.3 Å². The number of hydrogen-bond donors (Lipinski definition) is 3. The molecule has 0 radical (unpaired) electrons. The van der Waals surface area contributed by atoms with E-state index in [1.807, 2.05) is 12.3 Å². The van der Waals surface area contributed by atoms with Crippen LogP contribution in [0.1, 0.15) is 43.7 Å². The number of amides is 2. The normalized spacial score (nSPS) is 23.9. The lowest BCUT2D eigenvalue weighted by Crippen LogP contribution is -2.45. The predicted octanol–water partition coefficient (Wildman–Crippen LogP) is 2.15. The van der Waals surface area contributed by atoms with Crippen LogP contribution in [0.3, 0.4) is 0 Å². The molecule has 20 heavy (non-hydrogen) atoms. The average Bonchev–Trinajstić information content (AvgIpc) is 2.92. The molecule has 1 aromatic heterocycles. The molecule has 3 unspecified atom stereocenters. The summed E-state index contributed by atoms with van der Waals surface area (Å²) in [6.07, 6.45) is 4.58. The second kappa shape index (κ2) is 6.69. The molecule has 3 N–H and O–H groups in total. The lowest BCUT2D eigenvalue weighted by Gasteiger charge is -2.27. The third-order valence-electron chi connectivity index (χ3n) is 3.53. The number of carboxylic acids is 1. The summed E-state index contributed by atoms with van der Waals surface area (Å²) in [5.41, 5.74) is 0. The quantitative estimate of drug-likeness (QED) is 0.794. The number of nitrogens with one attached hydrogen (secondary N) is 2. The van der Waals surface area contributed by atoms with E-state index >= 15 is 0 Å². The number of carbonyl (C=O) groups excluding carboxylic acids is 1. The fourth-order valence-electron chi connectivity index (χ4n) is 2.48. The van der Waals surface area contributed by atoms with Crippen LogP contribution in [0.15, 0.2) is 11.6 Å². The molecule has 1 saturated carbocycles. The van der Waals surface area contributed by atoms with Gasteiger partial charge in [-0.15, -0.1) is 11.3 Å². The second-order valence-corrected chi connectivity index (χ2v) is 6.03. The van der Waals surface area contributed by atoms with Crippen molar-refractivity contribution >= 4 is 23.3 Å². The zero-order valence-electron chi connectivity index (χ0n) is 11.3. The van der Waals surface area contributed by atoms with Crippen molar-refractivity contribution in [3.63, 3.8) is 0 Å². The maximum absolute atomic E-state index is 11.9. The monoisotopic (exact) mass is 297 g/mol. The van der Waals surface area contributed by atoms with Crippen molar-refractivity contribution < 1.29 is 14.7 Å². The van der Waals surface area contributed by atoms with Crippen molar-refractivity contribution in [2.24, 2.45) is 5.92 Å². The lowest BCUT2D eigenvalue weighted by molar-refractivity contribution is -0.143. The first kappa shape index (κ1) is 14.8. The first-order valence-electron chi connectivity index (χ1n) is 6.75. The maximum atomic E-state index is 11.9. The van der Waals surface area contributed by atoms with Gasteiger partial charge in [0, 0.05) is 17.6 Å². The van der Waals surface area contributed by atoms with E-state index in [0.29, 0.717) is 12.8 Å². The van der Waals surface area contributed by atoms with Crippen molar-refractivity contribution in [1.29, 1.82) is 0 Å². The molecule has 1 fully saturated rings. The van der Waals surface area contributed by atoms with Crippen LogP contribution in [0.25, 0.3) is 0 Å². The van der Waals surface area contributed by atoms with Crippen LogP contribution in [-0.4, -0.2) is 28.1 Å². The molecule has 1 aliphatic rings. The van der Waals surface area contributed by atoms with Crippen LogP contribution in [0.4, 0.5) is 4.79 Å². The van der Waals surface area contributed by atoms with Crippen LogP contribution in [-0.2, 0) is 4.79 Å². The highest BCUT2D eigenvalue weighted by atomic mass is 32.1. The molecule has 0 aromatic carbocycles. The van der Waals surface area contributed by atoms with E-state index in [4.69, 9.17) is 5.11 Å². The van der Waals surface area contributed by atoms with Gasteiger partial charge in [-0.2, -0.15) is 0 Å². The van der Waals surface area contributed by atoms with Crippen LogP contribution in [0.2, 0.25) is 0 Å². The Hall–Kier alpha value is -1.63. The third kappa shape index (κ3) is 3.93. The van der Waals surface area contributed by atoms with Gasteiger partial charge in [0.25, 0.3) is 0 Å². The summed E-state index contributed by atoms with van der Waals surface area (Å²) in [5.74, 6) is -1.11. The molecule has 3 atom stereocenters. The Kier molecular flexibility index (Phi) is 4.94. The van der Waals surface area contributed by atoms with E-state index < -0.39 is 5.97 Å². The van der Waals surface area contributed by atoms with E-state index in [9.17, 15) is 9.59 Å². The number of aromatic nitrogens is 1. The summed E-state index contributed by atoms with van der Waals surface area (Å²) in [7, 11) is 0. The molecule has 0 aliphatic heterocycles. The van der Waals surface area contributed by atoms with Gasteiger partial charge < -0.3 is 15.7 Å². The standard InChI is InChI=1S/C13H19N3O3S/c1-8(11-14-5-6-20-11)15-13(19)16-10-4-2-3-9(7-10)12(17)18/h5-6,8-10H,2-4,7H2,1H3,(H,17,18)(H2,15,16,19). The number of thiazole rings is 1. The van der Waals surface area contributed by atoms with Gasteiger partial charge in [0.15, 0.2) is 0 Å². The molecular weight excluding hydrogens is 278 g/mol. The minimum absolute atomic E-state index is 0.0617. The van der Waals surface area contributed by atoms with Gasteiger partial charge in [-0.1, -0.05) is 6.42 Å². The molecule has 0 bridgehead atoms. The van der Waals surface area contributed by atoms with Crippen LogP contribution < -0.4 is 10.6 Å². The van der Waals surface area contributed by atoms with E-state index in [1.54, 1.807) is 6.20 Å². The number of carboxylic acid groups (broad SMARTS) is 1. The zero-order chi connectivity index (χ0) is 14.5. The molecule has 110 valence electrons. The van der Waals surface area contributed by atoms with E-state index in [2.05, 4.69) is 15.6 Å². The first-order chi connectivity index (χ1) is 9.56. The summed E-state index contributed by atoms with van der Waals surface area (Å²) < 4.78 is 0. The number of rotatable bonds is 4. The number of carbonyl (C=O) groups is 2. The van der Waals surface area contributed by atoms with Crippen LogP contribution >= 0.6 is 11.3 Å². The van der Waals surface area contributed by atoms with Gasteiger partial charge in [-0.05, 0) is 26.2 Å². The van der Waals surface area contributed by atoms with Gasteiger partial charge in [-0.25, -0.2) is 9.78 Å². The van der Waals surface area contributed by atoms with Crippen molar-refractivity contribution in [3.8, 4) is 0 Å². The fourth-order valence-corrected chi connectivity index (χ4v) is 3.12. The number of nitrogens with zero attached hydrogens (tertiary/aromatic N) is 1. The summed E-state index contributed by atoms with van der Waals surface area (Å²) in [5, 5.41) is 17.4. The first-order valence-corrected chi connectivity index (χ1v) is 7.63. The molecule has 2 rings (SSSR count). The van der Waals surface area contributed by atoms with E-state index in [-0.39, 0.29) is 24.0 Å². The van der Waals surface area contributed by atoms with Gasteiger partial charge in [0.05, 0.1) is 12.0 Å². The fraction of sp³-hybridized carbons (Fsp3) is 0.615. The van der Waals surface area contributed by atoms with Gasteiger partial charge in [-0.3, -0.25) is 4.79 Å². The summed E-state index contributed by atoms with van der Waals surface area (Å²) in [6.45, 7) is 1.87. The minimum atomic E-state index is -0.770. The Bertz CT molecular complexity index is 463. The molecule has 7 heteroatoms. The molecule has 0 spiro atoms. The van der Waals surface area contributed by atoms with Crippen molar-refractivity contribution in [1.82, 2.24) is 15.6 Å². The highest BCUT2D eigenvalue weighted by molar-refractivity contribution is 7.09. The summed E-state index contributed by atoms with van der Waals surface area (Å²) in [6, 6.07) is -0.467. The lowest BCUT2D eigenvalue weighted by atomic mass is 9.86. The summed E-state index contributed by atoms with van der Waals surface area (Å²) in [4.78, 5) is 27.0. The topological polar surface area (TPSA) is 91.3 Å². The highest BCUT2D eigenvalue weighted by Gasteiger charge is 2.28. The Morgan fingerprint density at radius 2 is 2.30 bits per heavy atom. The number of hydrogen-bond acceptors (Lipinski definition) is 4. The number of urea groups is 1. The highest BCUT2D eigenvalue weighted by Crippen LogP contribution is 2.24. The predicted molar refractivity (Wildman–Crippen MR) is 75.6 cm³/mol. The molecule has 1 aliphatic carbocycles. The molecule has 1 heterocycles. The van der Waals surface area contributed by atoms with Crippen molar-refractivity contribution in [3.05, 3.63) is 16.6 Å². The molecule has 6 nitrogen and oxygen atoms in total. The van der Waals surface area contributed by atoms with Crippen LogP contribution in [0, 0.1) is 5.92 Å². The minimum Gasteiger partial charge on any atom is -0.481 e. The number of aliphatic carboxylic acids is 1. The SMILES string of the molecule is CC(NC(=O)NC1CCCC(C(=O)O)C1)c1nccs1.